The van der Waals surface area contributed by atoms with Crippen molar-refractivity contribution in [1.82, 2.24) is 4.57 Å². The number of carbonyl (C=O) groups is 1. The number of hydrogen-bond acceptors (Lipinski definition) is 2. The summed E-state index contributed by atoms with van der Waals surface area (Å²) in [6.07, 6.45) is 1.97. The quantitative estimate of drug-likeness (QED) is 0.288. The van der Waals surface area contributed by atoms with Crippen LogP contribution in [-0.2, 0) is 28.6 Å². The number of hydrogen-bond donors (Lipinski definition) is 0. The molecule has 0 aliphatic carbocycles. The summed E-state index contributed by atoms with van der Waals surface area (Å²) in [5, 5.41) is 0.884. The lowest BCUT2D eigenvalue weighted by atomic mass is 10.0. The number of fused-ring (bicyclic) bond motifs is 1. The summed E-state index contributed by atoms with van der Waals surface area (Å²) in [7, 11) is 0. The molecule has 0 saturated carbocycles. The van der Waals surface area contributed by atoms with Crippen LogP contribution < -0.4 is 0 Å². The maximum absolute atomic E-state index is 15.2. The van der Waals surface area contributed by atoms with Gasteiger partial charge in [0.2, 0.25) is 0 Å². The van der Waals surface area contributed by atoms with Crippen molar-refractivity contribution in [3.63, 3.8) is 0 Å². The van der Waals surface area contributed by atoms with Crippen LogP contribution in [0.15, 0.2) is 60.8 Å². The highest BCUT2D eigenvalue weighted by molar-refractivity contribution is 5.87. The van der Waals surface area contributed by atoms with Gasteiger partial charge in [-0.3, -0.25) is 0 Å². The Morgan fingerprint density at radius 3 is 1.97 bits per heavy atom. The maximum atomic E-state index is 15.2. The van der Waals surface area contributed by atoms with E-state index in [9.17, 15) is 4.79 Å². The third kappa shape index (κ3) is 4.35. The van der Waals surface area contributed by atoms with Crippen LogP contribution in [0.1, 0.15) is 44.5 Å². The van der Waals surface area contributed by atoms with Gasteiger partial charge in [0.05, 0.1) is 0 Å². The summed E-state index contributed by atoms with van der Waals surface area (Å²) in [5.74, 6) is -5.30. The first-order valence-electron chi connectivity index (χ1n) is 11.3. The van der Waals surface area contributed by atoms with Crippen LogP contribution in [0.3, 0.4) is 0 Å². The molecule has 4 rings (SSSR count). The first kappa shape index (κ1) is 23.7. The first-order chi connectivity index (χ1) is 16.1. The molecule has 0 spiro atoms. The van der Waals surface area contributed by atoms with Gasteiger partial charge < -0.3 is 9.30 Å². The largest absolute Gasteiger partial charge is 0.456 e. The number of halogens is 2. The van der Waals surface area contributed by atoms with Crippen LogP contribution in [0.4, 0.5) is 8.78 Å². The Labute approximate surface area is 199 Å². The molecule has 0 bridgehead atoms. The summed E-state index contributed by atoms with van der Waals surface area (Å²) in [6.45, 7) is 10.2. The lowest BCUT2D eigenvalue weighted by molar-refractivity contribution is -0.175. The van der Waals surface area contributed by atoms with E-state index < -0.39 is 11.9 Å². The lowest BCUT2D eigenvalue weighted by Crippen LogP contribution is -2.28. The molecule has 3 aromatic carbocycles. The second-order valence-corrected chi connectivity index (χ2v) is 9.06. The standard InChI is InChI=1S/C29H29F2NO2/c1-18-8-6-9-19(2)25(18)16-32-15-22(5)24-13-12-23(14-27(24)32)29(30,31)28(33)34-17-26-20(3)10-7-11-21(26)4/h6-15H,16-17H2,1-5H3. The molecule has 1 heterocycles. The molecule has 0 atom stereocenters. The second-order valence-electron chi connectivity index (χ2n) is 9.06. The summed E-state index contributed by atoms with van der Waals surface area (Å²) < 4.78 is 37.4. The predicted octanol–water partition coefficient (Wildman–Crippen LogP) is 7.07. The minimum atomic E-state index is -3.76. The monoisotopic (exact) mass is 461 g/mol. The van der Waals surface area contributed by atoms with Crippen LogP contribution in [0.5, 0.6) is 0 Å². The Balaban J connectivity index is 1.64. The fraction of sp³-hybridized carbons (Fsp3) is 0.276. The van der Waals surface area contributed by atoms with Gasteiger partial charge in [-0.15, -0.1) is 0 Å². The summed E-state index contributed by atoms with van der Waals surface area (Å²) >= 11 is 0. The van der Waals surface area contributed by atoms with Crippen LogP contribution >= 0.6 is 0 Å². The summed E-state index contributed by atoms with van der Waals surface area (Å²) in [4.78, 5) is 12.5. The van der Waals surface area contributed by atoms with Crippen LogP contribution in [0.2, 0.25) is 0 Å². The Kier molecular flexibility index (Phi) is 6.30. The molecule has 5 heteroatoms. The van der Waals surface area contributed by atoms with Gasteiger partial charge in [-0.2, -0.15) is 8.78 Å². The summed E-state index contributed by atoms with van der Waals surface area (Å²) in [5.41, 5.74) is 7.30. The Bertz CT molecular complexity index is 1340. The zero-order valence-corrected chi connectivity index (χ0v) is 20.2. The van der Waals surface area contributed by atoms with E-state index in [2.05, 4.69) is 0 Å². The number of rotatable bonds is 6. The third-order valence-corrected chi connectivity index (χ3v) is 6.67. The number of aryl methyl sites for hydroxylation is 5. The SMILES string of the molecule is Cc1cccc(C)c1COC(=O)C(F)(F)c1ccc2c(C)cn(Cc3c(C)cccc3C)c2c1. The van der Waals surface area contributed by atoms with E-state index in [1.807, 2.05) is 81.8 Å². The molecule has 176 valence electrons. The number of alkyl halides is 2. The van der Waals surface area contributed by atoms with Crippen molar-refractivity contribution in [2.75, 3.05) is 0 Å². The molecule has 0 unspecified atom stereocenters. The highest BCUT2D eigenvalue weighted by Crippen LogP contribution is 2.34. The van der Waals surface area contributed by atoms with E-state index in [1.165, 1.54) is 12.1 Å². The van der Waals surface area contributed by atoms with Gasteiger partial charge >= 0.3 is 11.9 Å². The molecular weight excluding hydrogens is 432 g/mol. The number of carbonyl (C=O) groups excluding carboxylic acids is 1. The molecule has 34 heavy (non-hydrogen) atoms. The van der Waals surface area contributed by atoms with Crippen molar-refractivity contribution in [3.8, 4) is 0 Å². The smallest absolute Gasteiger partial charge is 0.382 e. The van der Waals surface area contributed by atoms with E-state index in [0.29, 0.717) is 12.1 Å². The zero-order valence-electron chi connectivity index (χ0n) is 20.2. The number of benzene rings is 3. The molecule has 0 amide bonds. The molecule has 0 N–H and O–H groups in total. The van der Waals surface area contributed by atoms with Crippen molar-refractivity contribution in [2.45, 2.75) is 53.7 Å². The molecule has 0 saturated heterocycles. The van der Waals surface area contributed by atoms with Crippen molar-refractivity contribution in [2.24, 2.45) is 0 Å². The van der Waals surface area contributed by atoms with Gasteiger partial charge in [0.25, 0.3) is 0 Å². The van der Waals surface area contributed by atoms with Gasteiger partial charge in [-0.05, 0) is 79.6 Å². The van der Waals surface area contributed by atoms with Crippen LogP contribution in [-0.4, -0.2) is 10.5 Å². The van der Waals surface area contributed by atoms with E-state index >= 15 is 8.78 Å². The molecule has 1 aromatic heterocycles. The van der Waals surface area contributed by atoms with Crippen molar-refractivity contribution < 1.29 is 18.3 Å². The minimum absolute atomic E-state index is 0.183. The highest BCUT2D eigenvalue weighted by Gasteiger charge is 2.43. The van der Waals surface area contributed by atoms with E-state index in [-0.39, 0.29) is 12.2 Å². The second kappa shape index (κ2) is 9.05. The van der Waals surface area contributed by atoms with E-state index in [1.54, 1.807) is 6.07 Å². The minimum Gasteiger partial charge on any atom is -0.456 e. The highest BCUT2D eigenvalue weighted by atomic mass is 19.3. The molecular formula is C29H29F2NO2. The molecule has 0 fully saturated rings. The number of esters is 1. The first-order valence-corrected chi connectivity index (χ1v) is 11.3. The van der Waals surface area contributed by atoms with Crippen molar-refractivity contribution in [3.05, 3.63) is 105 Å². The zero-order chi connectivity index (χ0) is 24.6. The van der Waals surface area contributed by atoms with Gasteiger partial charge in [0, 0.05) is 29.2 Å². The molecule has 3 nitrogen and oxygen atoms in total. The predicted molar refractivity (Wildman–Crippen MR) is 131 cm³/mol. The molecule has 0 aliphatic rings. The molecule has 0 radical (unpaired) electrons. The van der Waals surface area contributed by atoms with Gasteiger partial charge in [-0.25, -0.2) is 4.79 Å². The number of ether oxygens (including phenoxy) is 1. The fourth-order valence-electron chi connectivity index (χ4n) is 4.49. The van der Waals surface area contributed by atoms with Crippen LogP contribution in [0.25, 0.3) is 10.9 Å². The average molecular weight is 462 g/mol. The van der Waals surface area contributed by atoms with E-state index in [4.69, 9.17) is 4.74 Å². The van der Waals surface area contributed by atoms with Crippen molar-refractivity contribution >= 4 is 16.9 Å². The molecule has 0 aliphatic heterocycles. The Morgan fingerprint density at radius 2 is 1.38 bits per heavy atom. The van der Waals surface area contributed by atoms with E-state index in [0.717, 1.165) is 44.3 Å². The fourth-order valence-corrected chi connectivity index (χ4v) is 4.49. The van der Waals surface area contributed by atoms with Crippen LogP contribution in [0, 0.1) is 34.6 Å². The van der Waals surface area contributed by atoms with Gasteiger partial charge in [0.15, 0.2) is 0 Å². The number of nitrogens with zero attached hydrogens (tertiary/aromatic N) is 1. The van der Waals surface area contributed by atoms with Crippen molar-refractivity contribution in [1.29, 1.82) is 0 Å². The normalized spacial score (nSPS) is 11.7. The van der Waals surface area contributed by atoms with Gasteiger partial charge in [0.1, 0.15) is 6.61 Å². The topological polar surface area (TPSA) is 31.2 Å². The Hall–Kier alpha value is -3.47. The average Bonchev–Trinajstić information content (AvgIpc) is 3.10. The number of aromatic nitrogens is 1. The Morgan fingerprint density at radius 1 is 0.824 bits per heavy atom. The lowest BCUT2D eigenvalue weighted by Gasteiger charge is -2.18. The third-order valence-electron chi connectivity index (χ3n) is 6.67. The van der Waals surface area contributed by atoms with Gasteiger partial charge in [-0.1, -0.05) is 48.5 Å². The molecule has 4 aromatic rings. The summed E-state index contributed by atoms with van der Waals surface area (Å²) in [6, 6.07) is 16.1. The maximum Gasteiger partial charge on any atom is 0.382 e.